The summed E-state index contributed by atoms with van der Waals surface area (Å²) in [5, 5.41) is 8.09. The molecule has 1 fully saturated rings. The van der Waals surface area contributed by atoms with Crippen molar-refractivity contribution in [2.75, 3.05) is 0 Å². The molecule has 0 heterocycles. The third-order valence-corrected chi connectivity index (χ3v) is 5.99. The molecule has 1 aliphatic carbocycles. The number of aliphatic carboxylic acids is 1. The van der Waals surface area contributed by atoms with Gasteiger partial charge in [-0.1, -0.05) is 19.8 Å². The Kier molecular flexibility index (Phi) is 6.66. The minimum absolute atomic E-state index is 0.0976. The molecule has 0 aromatic rings. The Morgan fingerprint density at radius 2 is 1.82 bits per heavy atom. The van der Waals surface area contributed by atoms with Gasteiger partial charge >= 0.3 is 12.1 Å². The lowest BCUT2D eigenvalue weighted by Crippen LogP contribution is -2.46. The van der Waals surface area contributed by atoms with Crippen molar-refractivity contribution in [2.45, 2.75) is 69.3 Å². The fraction of sp³-hybridized carbons (Fsp3) is 0.923. The summed E-state index contributed by atoms with van der Waals surface area (Å²) in [7, 11) is -3.93. The van der Waals surface area contributed by atoms with Gasteiger partial charge in [0.1, 0.15) is 6.04 Å². The molecule has 1 aliphatic rings. The lowest BCUT2D eigenvalue weighted by atomic mass is 9.88. The predicted molar refractivity (Wildman–Crippen MR) is 74.8 cm³/mol. The Bertz CT molecular complexity index is 470. The zero-order chi connectivity index (χ0) is 17.0. The Labute approximate surface area is 128 Å². The average Bonchev–Trinajstić information content (AvgIpc) is 2.42. The van der Waals surface area contributed by atoms with Crippen LogP contribution in [0.25, 0.3) is 0 Å². The second kappa shape index (κ2) is 7.63. The van der Waals surface area contributed by atoms with Crippen molar-refractivity contribution < 1.29 is 31.5 Å². The molecule has 1 saturated carbocycles. The number of carbonyl (C=O) groups is 1. The van der Waals surface area contributed by atoms with E-state index < -0.39 is 39.4 Å². The first-order valence-electron chi connectivity index (χ1n) is 7.38. The van der Waals surface area contributed by atoms with Gasteiger partial charge in [0.25, 0.3) is 0 Å². The van der Waals surface area contributed by atoms with E-state index in [1.165, 1.54) is 0 Å². The van der Waals surface area contributed by atoms with E-state index in [0.717, 1.165) is 6.42 Å². The highest BCUT2D eigenvalue weighted by Gasteiger charge is 2.44. The predicted octanol–water partition coefficient (Wildman–Crippen LogP) is 2.67. The molecule has 5 nitrogen and oxygen atoms in total. The van der Waals surface area contributed by atoms with Crippen molar-refractivity contribution >= 4 is 16.0 Å². The van der Waals surface area contributed by atoms with Crippen LogP contribution in [0.15, 0.2) is 0 Å². The fourth-order valence-corrected chi connectivity index (χ4v) is 4.34. The van der Waals surface area contributed by atoms with Crippen LogP contribution in [0.4, 0.5) is 13.2 Å². The van der Waals surface area contributed by atoms with E-state index in [0.29, 0.717) is 6.42 Å². The summed E-state index contributed by atoms with van der Waals surface area (Å²) in [6, 6.07) is -1.22. The van der Waals surface area contributed by atoms with Crippen LogP contribution in [-0.2, 0) is 14.8 Å². The van der Waals surface area contributed by atoms with E-state index in [2.05, 4.69) is 4.72 Å². The molecule has 2 N–H and O–H groups in total. The van der Waals surface area contributed by atoms with Crippen molar-refractivity contribution in [1.29, 1.82) is 0 Å². The first kappa shape index (κ1) is 19.2. The molecular weight excluding hydrogens is 323 g/mol. The summed E-state index contributed by atoms with van der Waals surface area (Å²) >= 11 is 0. The Hall–Kier alpha value is -0.830. The Morgan fingerprint density at radius 1 is 1.27 bits per heavy atom. The maximum absolute atomic E-state index is 12.6. The normalized spacial score (nSPS) is 24.9. The van der Waals surface area contributed by atoms with Crippen LogP contribution in [0.5, 0.6) is 0 Å². The highest BCUT2D eigenvalue weighted by molar-refractivity contribution is 7.90. The zero-order valence-electron chi connectivity index (χ0n) is 12.4. The SMILES string of the molecule is CCCCC(NS(=O)(=O)C1CCC(C(F)(F)F)CC1)C(=O)O. The molecule has 22 heavy (non-hydrogen) atoms. The number of nitrogens with one attached hydrogen (secondary N) is 1. The molecule has 0 saturated heterocycles. The molecule has 0 bridgehead atoms. The van der Waals surface area contributed by atoms with Crippen molar-refractivity contribution in [2.24, 2.45) is 5.92 Å². The first-order chi connectivity index (χ1) is 10.1. The van der Waals surface area contributed by atoms with Gasteiger partial charge in [0.15, 0.2) is 0 Å². The van der Waals surface area contributed by atoms with Crippen LogP contribution < -0.4 is 4.72 Å². The highest BCUT2D eigenvalue weighted by Crippen LogP contribution is 2.39. The standard InChI is InChI=1S/C13H22F3NO4S/c1-2-3-4-11(12(18)19)17-22(20,21)10-7-5-9(6-8-10)13(14,15)16/h9-11,17H,2-8H2,1H3,(H,18,19). The van der Waals surface area contributed by atoms with Crippen LogP contribution >= 0.6 is 0 Å². The molecule has 0 amide bonds. The summed E-state index contributed by atoms with van der Waals surface area (Å²) in [5.74, 6) is -2.73. The third-order valence-electron chi connectivity index (χ3n) is 4.03. The van der Waals surface area contributed by atoms with E-state index in [1.807, 2.05) is 6.92 Å². The quantitative estimate of drug-likeness (QED) is 0.743. The number of carboxylic acids is 1. The topological polar surface area (TPSA) is 83.5 Å². The first-order valence-corrected chi connectivity index (χ1v) is 8.93. The Balaban J connectivity index is 2.65. The van der Waals surface area contributed by atoms with Crippen LogP contribution in [0.2, 0.25) is 0 Å². The van der Waals surface area contributed by atoms with Gasteiger partial charge in [0.2, 0.25) is 10.0 Å². The molecule has 9 heteroatoms. The van der Waals surface area contributed by atoms with Gasteiger partial charge in [-0.25, -0.2) is 13.1 Å². The molecular formula is C13H22F3NO4S. The van der Waals surface area contributed by atoms with E-state index in [1.54, 1.807) is 0 Å². The fourth-order valence-electron chi connectivity index (χ4n) is 2.64. The maximum Gasteiger partial charge on any atom is 0.391 e. The van der Waals surface area contributed by atoms with E-state index >= 15 is 0 Å². The number of hydrogen-bond acceptors (Lipinski definition) is 3. The lowest BCUT2D eigenvalue weighted by molar-refractivity contribution is -0.181. The molecule has 1 atom stereocenters. The summed E-state index contributed by atoms with van der Waals surface area (Å²) in [6.45, 7) is 1.85. The summed E-state index contributed by atoms with van der Waals surface area (Å²) < 4.78 is 64.2. The van der Waals surface area contributed by atoms with Crippen LogP contribution in [-0.4, -0.2) is 37.0 Å². The van der Waals surface area contributed by atoms with E-state index in [-0.39, 0.29) is 32.1 Å². The second-order valence-electron chi connectivity index (χ2n) is 5.71. The Morgan fingerprint density at radius 3 is 2.23 bits per heavy atom. The molecule has 0 spiro atoms. The number of sulfonamides is 1. The molecule has 0 aromatic carbocycles. The minimum Gasteiger partial charge on any atom is -0.480 e. The second-order valence-corrected chi connectivity index (χ2v) is 7.70. The van der Waals surface area contributed by atoms with Gasteiger partial charge < -0.3 is 5.11 Å². The molecule has 1 unspecified atom stereocenters. The largest absolute Gasteiger partial charge is 0.480 e. The summed E-state index contributed by atoms with van der Waals surface area (Å²) in [4.78, 5) is 11.1. The number of halogens is 3. The molecule has 1 rings (SSSR count). The molecule has 0 aromatic heterocycles. The molecule has 0 radical (unpaired) electrons. The van der Waals surface area contributed by atoms with Crippen molar-refractivity contribution in [3.05, 3.63) is 0 Å². The van der Waals surface area contributed by atoms with Gasteiger partial charge in [-0.15, -0.1) is 0 Å². The number of rotatable bonds is 7. The van der Waals surface area contributed by atoms with Crippen LogP contribution in [0, 0.1) is 5.92 Å². The molecule has 0 aliphatic heterocycles. The highest BCUT2D eigenvalue weighted by atomic mass is 32.2. The van der Waals surface area contributed by atoms with Crippen molar-refractivity contribution in [3.63, 3.8) is 0 Å². The van der Waals surface area contributed by atoms with E-state index in [9.17, 15) is 26.4 Å². The smallest absolute Gasteiger partial charge is 0.391 e. The van der Waals surface area contributed by atoms with Gasteiger partial charge in [-0.2, -0.15) is 13.2 Å². The number of unbranched alkanes of at least 4 members (excludes halogenated alkanes) is 1. The summed E-state index contributed by atoms with van der Waals surface area (Å²) in [6.07, 6.45) is -3.51. The van der Waals surface area contributed by atoms with Crippen molar-refractivity contribution in [3.8, 4) is 0 Å². The van der Waals surface area contributed by atoms with Gasteiger partial charge in [0, 0.05) is 0 Å². The van der Waals surface area contributed by atoms with Crippen LogP contribution in [0.3, 0.4) is 0 Å². The minimum atomic E-state index is -4.30. The molecule has 130 valence electrons. The maximum atomic E-state index is 12.6. The zero-order valence-corrected chi connectivity index (χ0v) is 13.2. The van der Waals surface area contributed by atoms with Gasteiger partial charge in [-0.05, 0) is 32.1 Å². The van der Waals surface area contributed by atoms with Gasteiger partial charge in [-0.3, -0.25) is 4.79 Å². The van der Waals surface area contributed by atoms with Gasteiger partial charge in [0.05, 0.1) is 11.2 Å². The van der Waals surface area contributed by atoms with E-state index in [4.69, 9.17) is 5.11 Å². The monoisotopic (exact) mass is 345 g/mol. The third kappa shape index (κ3) is 5.42. The number of alkyl halides is 3. The summed E-state index contributed by atoms with van der Waals surface area (Å²) in [5.41, 5.74) is 0. The number of carboxylic acid groups (broad SMARTS) is 1. The lowest BCUT2D eigenvalue weighted by Gasteiger charge is -2.30. The van der Waals surface area contributed by atoms with Crippen LogP contribution in [0.1, 0.15) is 51.9 Å². The van der Waals surface area contributed by atoms with Crippen molar-refractivity contribution in [1.82, 2.24) is 4.72 Å². The number of hydrogen-bond donors (Lipinski definition) is 2. The average molecular weight is 345 g/mol.